The molecule has 0 aliphatic rings. The average Bonchev–Trinajstić information content (AvgIpc) is 2.39. The van der Waals surface area contributed by atoms with Crippen molar-refractivity contribution in [3.05, 3.63) is 34.1 Å². The topological polar surface area (TPSA) is 32.5 Å². The molecular formula is C15H25BrFN3. The summed E-state index contributed by atoms with van der Waals surface area (Å²) in [5.41, 5.74) is 7.01. The number of benzene rings is 1. The van der Waals surface area contributed by atoms with Crippen LogP contribution in [0.3, 0.4) is 0 Å². The molecule has 5 heteroatoms. The molecule has 1 unspecified atom stereocenters. The van der Waals surface area contributed by atoms with Gasteiger partial charge in [0.1, 0.15) is 5.82 Å². The van der Waals surface area contributed by atoms with Crippen LogP contribution >= 0.6 is 15.9 Å². The van der Waals surface area contributed by atoms with Gasteiger partial charge in [0.25, 0.3) is 0 Å². The quantitative estimate of drug-likeness (QED) is 0.786. The molecule has 0 saturated heterocycles. The Balaban J connectivity index is 2.80. The van der Waals surface area contributed by atoms with Crippen LogP contribution in [0.5, 0.6) is 0 Å². The van der Waals surface area contributed by atoms with Gasteiger partial charge < -0.3 is 10.6 Å². The van der Waals surface area contributed by atoms with Crippen LogP contribution in [0.25, 0.3) is 0 Å². The molecule has 20 heavy (non-hydrogen) atoms. The number of nitrogens with zero attached hydrogens (tertiary/aromatic N) is 2. The fourth-order valence-corrected chi connectivity index (χ4v) is 2.98. The van der Waals surface area contributed by atoms with Crippen molar-refractivity contribution in [3.63, 3.8) is 0 Å². The summed E-state index contributed by atoms with van der Waals surface area (Å²) >= 11 is 3.45. The Kier molecular flexibility index (Phi) is 7.66. The molecule has 114 valence electrons. The minimum atomic E-state index is -0.230. The summed E-state index contributed by atoms with van der Waals surface area (Å²) in [6.07, 6.45) is 1.09. The molecule has 0 spiro atoms. The fourth-order valence-electron chi connectivity index (χ4n) is 2.37. The van der Waals surface area contributed by atoms with Crippen LogP contribution in [0.4, 0.5) is 4.39 Å². The van der Waals surface area contributed by atoms with Crippen molar-refractivity contribution >= 4 is 15.9 Å². The highest BCUT2D eigenvalue weighted by Gasteiger charge is 2.20. The molecule has 1 rings (SSSR count). The molecule has 0 aliphatic heterocycles. The Hall–Kier alpha value is -0.490. The van der Waals surface area contributed by atoms with Gasteiger partial charge in [-0.25, -0.2) is 4.39 Å². The van der Waals surface area contributed by atoms with Crippen molar-refractivity contribution in [3.8, 4) is 0 Å². The van der Waals surface area contributed by atoms with Crippen molar-refractivity contribution in [2.24, 2.45) is 5.73 Å². The first kappa shape index (κ1) is 17.6. The molecule has 0 amide bonds. The molecule has 3 nitrogen and oxygen atoms in total. The van der Waals surface area contributed by atoms with Crippen LogP contribution < -0.4 is 5.73 Å². The summed E-state index contributed by atoms with van der Waals surface area (Å²) in [6.45, 7) is 5.63. The summed E-state index contributed by atoms with van der Waals surface area (Å²) in [4.78, 5) is 4.53. The highest BCUT2D eigenvalue weighted by Crippen LogP contribution is 2.28. The Morgan fingerprint density at radius 1 is 1.30 bits per heavy atom. The van der Waals surface area contributed by atoms with Gasteiger partial charge in [-0.05, 0) is 51.3 Å². The van der Waals surface area contributed by atoms with E-state index in [1.54, 1.807) is 0 Å². The highest BCUT2D eigenvalue weighted by atomic mass is 79.9. The Morgan fingerprint density at radius 3 is 2.50 bits per heavy atom. The van der Waals surface area contributed by atoms with E-state index in [1.165, 1.54) is 12.1 Å². The third-order valence-corrected chi connectivity index (χ3v) is 4.13. The van der Waals surface area contributed by atoms with Gasteiger partial charge in [-0.1, -0.05) is 28.9 Å². The first-order valence-electron chi connectivity index (χ1n) is 7.03. The molecule has 1 aromatic rings. The van der Waals surface area contributed by atoms with E-state index < -0.39 is 0 Å². The largest absolute Gasteiger partial charge is 0.329 e. The number of hydrogen-bond donors (Lipinski definition) is 1. The van der Waals surface area contributed by atoms with Crippen molar-refractivity contribution in [2.75, 3.05) is 40.3 Å². The van der Waals surface area contributed by atoms with Crippen molar-refractivity contribution in [2.45, 2.75) is 19.4 Å². The summed E-state index contributed by atoms with van der Waals surface area (Å²) < 4.78 is 14.0. The first-order chi connectivity index (χ1) is 9.49. The lowest BCUT2D eigenvalue weighted by Gasteiger charge is -2.31. The van der Waals surface area contributed by atoms with Gasteiger partial charge in [0.15, 0.2) is 0 Å². The highest BCUT2D eigenvalue weighted by molar-refractivity contribution is 9.10. The number of halogens is 2. The summed E-state index contributed by atoms with van der Waals surface area (Å²) in [6, 6.07) is 4.95. The molecule has 0 fully saturated rings. The molecule has 1 atom stereocenters. The van der Waals surface area contributed by atoms with E-state index >= 15 is 0 Å². The van der Waals surface area contributed by atoms with Gasteiger partial charge in [0, 0.05) is 23.6 Å². The van der Waals surface area contributed by atoms with Crippen molar-refractivity contribution < 1.29 is 4.39 Å². The van der Waals surface area contributed by atoms with Crippen LogP contribution in [-0.4, -0.2) is 50.1 Å². The van der Waals surface area contributed by atoms with E-state index in [4.69, 9.17) is 5.73 Å². The summed E-state index contributed by atoms with van der Waals surface area (Å²) in [5, 5.41) is 0. The fraction of sp³-hybridized carbons (Fsp3) is 0.600. The SMILES string of the molecule is CCN(CCCN(C)C)C(CN)c1ccc(F)cc1Br. The smallest absolute Gasteiger partial charge is 0.124 e. The standard InChI is InChI=1S/C15H25BrFN3/c1-4-20(9-5-8-19(2)3)15(11-18)13-7-6-12(17)10-14(13)16/h6-7,10,15H,4-5,8-9,11,18H2,1-3H3. The number of hydrogen-bond acceptors (Lipinski definition) is 3. The van der Waals surface area contributed by atoms with E-state index in [2.05, 4.69) is 46.7 Å². The Bertz CT molecular complexity index is 412. The van der Waals surface area contributed by atoms with Gasteiger partial charge >= 0.3 is 0 Å². The number of likely N-dealkylation sites (N-methyl/N-ethyl adjacent to an activating group) is 1. The molecule has 1 aromatic carbocycles. The summed E-state index contributed by atoms with van der Waals surface area (Å²) in [7, 11) is 4.15. The molecular weight excluding hydrogens is 321 g/mol. The van der Waals surface area contributed by atoms with E-state index in [0.29, 0.717) is 6.54 Å². The number of rotatable bonds is 8. The molecule has 0 radical (unpaired) electrons. The third kappa shape index (κ3) is 5.13. The van der Waals surface area contributed by atoms with E-state index in [0.717, 1.165) is 36.1 Å². The molecule has 0 aliphatic carbocycles. The summed E-state index contributed by atoms with van der Waals surface area (Å²) in [5.74, 6) is -0.230. The van der Waals surface area contributed by atoms with Gasteiger partial charge in [-0.15, -0.1) is 0 Å². The zero-order valence-corrected chi connectivity index (χ0v) is 14.2. The monoisotopic (exact) mass is 345 g/mol. The van der Waals surface area contributed by atoms with E-state index in [9.17, 15) is 4.39 Å². The van der Waals surface area contributed by atoms with Crippen molar-refractivity contribution in [1.82, 2.24) is 9.80 Å². The van der Waals surface area contributed by atoms with Gasteiger partial charge in [-0.2, -0.15) is 0 Å². The normalized spacial score (nSPS) is 13.2. The molecule has 0 aromatic heterocycles. The van der Waals surface area contributed by atoms with Gasteiger partial charge in [0.2, 0.25) is 0 Å². The molecule has 0 heterocycles. The maximum atomic E-state index is 13.2. The lowest BCUT2D eigenvalue weighted by molar-refractivity contribution is 0.201. The second kappa shape index (κ2) is 8.72. The van der Waals surface area contributed by atoms with E-state index in [1.807, 2.05) is 6.07 Å². The zero-order chi connectivity index (χ0) is 15.1. The first-order valence-corrected chi connectivity index (χ1v) is 7.82. The molecule has 0 bridgehead atoms. The number of nitrogens with two attached hydrogens (primary N) is 1. The Labute approximate surface area is 130 Å². The lowest BCUT2D eigenvalue weighted by Crippen LogP contribution is -2.35. The predicted molar refractivity (Wildman–Crippen MR) is 86.3 cm³/mol. The van der Waals surface area contributed by atoms with Crippen LogP contribution in [0.15, 0.2) is 22.7 Å². The maximum absolute atomic E-state index is 13.2. The molecule has 2 N–H and O–H groups in total. The van der Waals surface area contributed by atoms with E-state index in [-0.39, 0.29) is 11.9 Å². The van der Waals surface area contributed by atoms with Gasteiger partial charge in [-0.3, -0.25) is 4.90 Å². The minimum absolute atomic E-state index is 0.122. The predicted octanol–water partition coefficient (Wildman–Crippen LogP) is 2.86. The lowest BCUT2D eigenvalue weighted by atomic mass is 10.0. The maximum Gasteiger partial charge on any atom is 0.124 e. The van der Waals surface area contributed by atoms with Gasteiger partial charge in [0.05, 0.1) is 0 Å². The van der Waals surface area contributed by atoms with Crippen LogP contribution in [-0.2, 0) is 0 Å². The van der Waals surface area contributed by atoms with Crippen LogP contribution in [0, 0.1) is 5.82 Å². The second-order valence-electron chi connectivity index (χ2n) is 5.20. The van der Waals surface area contributed by atoms with Crippen LogP contribution in [0.2, 0.25) is 0 Å². The molecule has 0 saturated carbocycles. The minimum Gasteiger partial charge on any atom is -0.329 e. The Morgan fingerprint density at radius 2 is 2.00 bits per heavy atom. The zero-order valence-electron chi connectivity index (χ0n) is 12.6. The average molecular weight is 346 g/mol. The second-order valence-corrected chi connectivity index (χ2v) is 6.06. The third-order valence-electron chi connectivity index (χ3n) is 3.44. The van der Waals surface area contributed by atoms with Crippen LogP contribution in [0.1, 0.15) is 24.9 Å². The van der Waals surface area contributed by atoms with Crippen molar-refractivity contribution in [1.29, 1.82) is 0 Å².